The molecule has 4 saturated carbocycles. The van der Waals surface area contributed by atoms with Crippen LogP contribution in [0, 0.1) is 23.2 Å². The summed E-state index contributed by atoms with van der Waals surface area (Å²) in [6, 6.07) is 8.61. The van der Waals surface area contributed by atoms with E-state index < -0.39 is 16.9 Å². The second kappa shape index (κ2) is 6.33. The molecular formula is C21H22N2O3. The van der Waals surface area contributed by atoms with Gasteiger partial charge >= 0.3 is 5.71 Å². The largest absolute Gasteiger partial charge is 0.507 e. The van der Waals surface area contributed by atoms with Crippen molar-refractivity contribution in [1.82, 2.24) is 0 Å². The summed E-state index contributed by atoms with van der Waals surface area (Å²) in [5.74, 6) is 0.321. The Morgan fingerprint density at radius 3 is 2.08 bits per heavy atom. The lowest BCUT2D eigenvalue weighted by Crippen LogP contribution is -2.52. The number of hydrogen-bond acceptors (Lipinski definition) is 3. The highest BCUT2D eigenvalue weighted by Gasteiger charge is 2.57. The predicted octanol–water partition coefficient (Wildman–Crippen LogP) is 3.61. The zero-order valence-electron chi connectivity index (χ0n) is 14.6. The molecule has 5 rings (SSSR count). The molecule has 4 aliphatic rings. The number of aliphatic hydroxyl groups excluding tert-OH is 1. The first-order valence-corrected chi connectivity index (χ1v) is 9.28. The number of aliphatic hydroxyl groups is 1. The smallest absolute Gasteiger partial charge is 0.405 e. The third kappa shape index (κ3) is 2.82. The van der Waals surface area contributed by atoms with Crippen LogP contribution in [-0.4, -0.2) is 27.2 Å². The number of benzene rings is 1. The molecule has 0 amide bonds. The third-order valence-electron chi connectivity index (χ3n) is 6.41. The average molecular weight is 350 g/mol. The number of allylic oxidation sites excluding steroid dienone is 1. The summed E-state index contributed by atoms with van der Waals surface area (Å²) in [6.45, 7) is 0. The molecule has 1 N–H and O–H groups in total. The molecule has 0 heterocycles. The van der Waals surface area contributed by atoms with E-state index in [0.29, 0.717) is 23.3 Å². The van der Waals surface area contributed by atoms with Crippen LogP contribution >= 0.6 is 0 Å². The summed E-state index contributed by atoms with van der Waals surface area (Å²) >= 11 is 0. The molecule has 0 unspecified atom stereocenters. The van der Waals surface area contributed by atoms with Crippen molar-refractivity contribution in [2.24, 2.45) is 23.2 Å². The summed E-state index contributed by atoms with van der Waals surface area (Å²) < 4.78 is 0. The first-order valence-electron chi connectivity index (χ1n) is 9.28. The molecule has 5 nitrogen and oxygen atoms in total. The molecule has 0 aliphatic heterocycles. The van der Waals surface area contributed by atoms with Gasteiger partial charge in [0.2, 0.25) is 0 Å². The molecule has 4 aliphatic carbocycles. The lowest BCUT2D eigenvalue weighted by atomic mass is 9.48. The summed E-state index contributed by atoms with van der Waals surface area (Å²) in [6.07, 6.45) is 6.89. The Morgan fingerprint density at radius 1 is 1.04 bits per heavy atom. The average Bonchev–Trinajstić information content (AvgIpc) is 2.62. The highest BCUT2D eigenvalue weighted by atomic mass is 16.3. The van der Waals surface area contributed by atoms with Gasteiger partial charge in [-0.3, -0.25) is 9.59 Å². The Balaban J connectivity index is 1.59. The zero-order chi connectivity index (χ0) is 18.3. The monoisotopic (exact) mass is 350 g/mol. The van der Waals surface area contributed by atoms with Crippen molar-refractivity contribution in [1.29, 1.82) is 0 Å². The molecule has 26 heavy (non-hydrogen) atoms. The maximum Gasteiger partial charge on any atom is 0.405 e. The van der Waals surface area contributed by atoms with Crippen molar-refractivity contribution in [3.05, 3.63) is 47.5 Å². The lowest BCUT2D eigenvalue weighted by molar-refractivity contribution is -0.142. The summed E-state index contributed by atoms with van der Waals surface area (Å²) in [4.78, 5) is 28.8. The number of carbonyl (C=O) groups is 2. The van der Waals surface area contributed by atoms with E-state index in [1.807, 2.05) is 0 Å². The normalized spacial score (nSPS) is 32.2. The number of hydrogen-bond donors (Lipinski definition) is 1. The first-order chi connectivity index (χ1) is 12.5. The van der Waals surface area contributed by atoms with E-state index in [9.17, 15) is 20.2 Å². The van der Waals surface area contributed by atoms with E-state index in [1.54, 1.807) is 30.3 Å². The zero-order valence-corrected chi connectivity index (χ0v) is 14.6. The van der Waals surface area contributed by atoms with Crippen molar-refractivity contribution >= 4 is 23.0 Å². The van der Waals surface area contributed by atoms with E-state index in [1.165, 1.54) is 19.3 Å². The van der Waals surface area contributed by atoms with Gasteiger partial charge in [-0.15, -0.1) is 0 Å². The van der Waals surface area contributed by atoms with Gasteiger partial charge in [0.15, 0.2) is 0 Å². The van der Waals surface area contributed by atoms with Crippen LogP contribution in [0.15, 0.2) is 36.4 Å². The third-order valence-corrected chi connectivity index (χ3v) is 6.41. The van der Waals surface area contributed by atoms with Gasteiger partial charge in [0.05, 0.1) is 0 Å². The van der Waals surface area contributed by atoms with Gasteiger partial charge in [-0.05, 0) is 56.3 Å². The van der Waals surface area contributed by atoms with Crippen molar-refractivity contribution < 1.29 is 19.5 Å². The van der Waals surface area contributed by atoms with Gasteiger partial charge in [-0.25, -0.2) is 0 Å². The highest BCUT2D eigenvalue weighted by molar-refractivity contribution is 6.67. The van der Waals surface area contributed by atoms with E-state index >= 15 is 0 Å². The minimum Gasteiger partial charge on any atom is -0.507 e. The molecule has 0 spiro atoms. The van der Waals surface area contributed by atoms with Gasteiger partial charge in [-0.1, -0.05) is 30.3 Å². The minimum atomic E-state index is -0.741. The summed E-state index contributed by atoms with van der Waals surface area (Å²) in [5, 5.41) is 10.1. The molecule has 0 atom stereocenters. The van der Waals surface area contributed by atoms with E-state index in [0.717, 1.165) is 25.3 Å². The molecule has 4 fully saturated rings. The topological polar surface area (TPSA) is 90.8 Å². The van der Waals surface area contributed by atoms with Gasteiger partial charge < -0.3 is 10.6 Å². The van der Waals surface area contributed by atoms with Crippen LogP contribution in [0.25, 0.3) is 11.3 Å². The molecule has 5 heteroatoms. The Labute approximate surface area is 152 Å². The standard InChI is InChI=1S/C21H22N2O3/c22-23-19(18(25)9-17(24)16-4-2-1-3-5-16)20(26)21-10-13-6-14(11-21)8-15(7-13)12-21/h1-5,9,13-15,24H,6-8,10-12H2/b17-9-. The van der Waals surface area contributed by atoms with Crippen LogP contribution in [0.5, 0.6) is 0 Å². The van der Waals surface area contributed by atoms with Gasteiger partial charge in [0.1, 0.15) is 5.76 Å². The second-order valence-corrected chi connectivity index (χ2v) is 8.24. The van der Waals surface area contributed by atoms with E-state index in [-0.39, 0.29) is 11.5 Å². The minimum absolute atomic E-state index is 0.241. The SMILES string of the molecule is [N-]=[N+]=C(C(=O)/C=C(\O)c1ccccc1)C(=O)C12CC3CC(CC(C3)C1)C2. The molecule has 0 radical (unpaired) electrons. The van der Waals surface area contributed by atoms with Crippen LogP contribution in [-0.2, 0) is 9.59 Å². The summed E-state index contributed by atoms with van der Waals surface area (Å²) in [7, 11) is 0. The van der Waals surface area contributed by atoms with Crippen LogP contribution in [0.4, 0.5) is 0 Å². The fourth-order valence-corrected chi connectivity index (χ4v) is 5.73. The molecule has 0 saturated heterocycles. The second-order valence-electron chi connectivity index (χ2n) is 8.24. The van der Waals surface area contributed by atoms with E-state index in [4.69, 9.17) is 0 Å². The summed E-state index contributed by atoms with van der Waals surface area (Å²) in [5.41, 5.74) is 8.86. The van der Waals surface area contributed by atoms with Gasteiger partial charge in [0.25, 0.3) is 11.6 Å². The Hall–Kier alpha value is -2.52. The van der Waals surface area contributed by atoms with Crippen LogP contribution in [0.3, 0.4) is 0 Å². The fourth-order valence-electron chi connectivity index (χ4n) is 5.73. The predicted molar refractivity (Wildman–Crippen MR) is 96.3 cm³/mol. The van der Waals surface area contributed by atoms with Gasteiger partial charge in [-0.2, -0.15) is 4.79 Å². The highest BCUT2D eigenvalue weighted by Crippen LogP contribution is 2.60. The molecule has 134 valence electrons. The number of Topliss-reactive ketones (excluding diaryl/α,β-unsaturated/α-hetero) is 1. The Kier molecular flexibility index (Phi) is 4.12. The van der Waals surface area contributed by atoms with Crippen LogP contribution in [0.2, 0.25) is 0 Å². The molecule has 1 aromatic carbocycles. The van der Waals surface area contributed by atoms with Crippen molar-refractivity contribution in [3.63, 3.8) is 0 Å². The van der Waals surface area contributed by atoms with Crippen molar-refractivity contribution in [2.75, 3.05) is 0 Å². The van der Waals surface area contributed by atoms with Gasteiger partial charge in [0, 0.05) is 17.1 Å². The lowest BCUT2D eigenvalue weighted by Gasteiger charge is -2.55. The number of nitrogens with zero attached hydrogens (tertiary/aromatic N) is 2. The number of carbonyl (C=O) groups excluding carboxylic acids is 2. The Morgan fingerprint density at radius 2 is 1.58 bits per heavy atom. The maximum atomic E-state index is 13.2. The number of ketones is 2. The Bertz CT molecular complexity index is 799. The molecule has 4 bridgehead atoms. The van der Waals surface area contributed by atoms with Crippen LogP contribution < -0.4 is 0 Å². The molecule has 1 aromatic rings. The van der Waals surface area contributed by atoms with Crippen molar-refractivity contribution in [3.8, 4) is 0 Å². The number of rotatable bonds is 5. The quantitative estimate of drug-likeness (QED) is 0.220. The molecule has 0 aromatic heterocycles. The van der Waals surface area contributed by atoms with Crippen LogP contribution in [0.1, 0.15) is 44.1 Å². The van der Waals surface area contributed by atoms with E-state index in [2.05, 4.69) is 4.79 Å². The maximum absolute atomic E-state index is 13.2. The first kappa shape index (κ1) is 16.9. The van der Waals surface area contributed by atoms with Crippen molar-refractivity contribution in [2.45, 2.75) is 38.5 Å². The molecular weight excluding hydrogens is 328 g/mol. The fraction of sp³-hybridized carbons (Fsp3) is 0.476.